The summed E-state index contributed by atoms with van der Waals surface area (Å²) in [4.78, 5) is 0. The van der Waals surface area contributed by atoms with Gasteiger partial charge in [-0.15, -0.1) is 0 Å². The van der Waals surface area contributed by atoms with Crippen LogP contribution < -0.4 is 11.3 Å². The number of hydrogen-bond donors (Lipinski definition) is 2. The maximum absolute atomic E-state index is 6.19. The molecule has 0 bridgehead atoms. The van der Waals surface area contributed by atoms with E-state index in [0.29, 0.717) is 0 Å². The van der Waals surface area contributed by atoms with E-state index in [0.717, 1.165) is 27.0 Å². The molecule has 19 heavy (non-hydrogen) atoms. The summed E-state index contributed by atoms with van der Waals surface area (Å²) < 4.78 is 1.09. The molecule has 100 valence electrons. The third-order valence-electron chi connectivity index (χ3n) is 3.18. The Labute approximate surface area is 127 Å². The Morgan fingerprint density at radius 2 is 2.00 bits per heavy atom. The summed E-state index contributed by atoms with van der Waals surface area (Å²) in [6.45, 7) is 2.06. The Bertz CT molecular complexity index is 572. The molecule has 3 N–H and O–H groups in total. The molecule has 0 aromatic heterocycles. The van der Waals surface area contributed by atoms with Gasteiger partial charge < -0.3 is 0 Å². The van der Waals surface area contributed by atoms with Crippen LogP contribution in [0.2, 0.25) is 5.02 Å². The van der Waals surface area contributed by atoms with Crippen LogP contribution in [0.25, 0.3) is 0 Å². The van der Waals surface area contributed by atoms with Crippen molar-refractivity contribution < 1.29 is 0 Å². The summed E-state index contributed by atoms with van der Waals surface area (Å²) in [6.07, 6.45) is 0.756. The first-order valence-electron chi connectivity index (χ1n) is 6.07. The van der Waals surface area contributed by atoms with Gasteiger partial charge >= 0.3 is 0 Å². The number of nitrogens with one attached hydrogen (secondary N) is 1. The average Bonchev–Trinajstić information content (AvgIpc) is 2.41. The molecule has 2 aromatic rings. The van der Waals surface area contributed by atoms with Crippen molar-refractivity contribution in [1.29, 1.82) is 0 Å². The summed E-state index contributed by atoms with van der Waals surface area (Å²) in [6, 6.07) is 14.1. The van der Waals surface area contributed by atoms with E-state index in [1.54, 1.807) is 0 Å². The predicted octanol–water partition coefficient (Wildman–Crippen LogP) is 4.16. The minimum Gasteiger partial charge on any atom is -0.271 e. The molecule has 0 saturated heterocycles. The maximum Gasteiger partial charge on any atom is 0.0501 e. The van der Waals surface area contributed by atoms with E-state index in [9.17, 15) is 0 Å². The first-order valence-corrected chi connectivity index (χ1v) is 7.24. The van der Waals surface area contributed by atoms with Gasteiger partial charge in [0.1, 0.15) is 0 Å². The second-order valence-corrected chi connectivity index (χ2v) is 5.78. The minimum atomic E-state index is 0.0387. The van der Waals surface area contributed by atoms with Crippen LogP contribution in [-0.2, 0) is 6.42 Å². The van der Waals surface area contributed by atoms with Crippen molar-refractivity contribution in [2.45, 2.75) is 19.4 Å². The van der Waals surface area contributed by atoms with Gasteiger partial charge in [0.2, 0.25) is 0 Å². The molecular formula is C15H16BrClN2. The lowest BCUT2D eigenvalue weighted by Gasteiger charge is -2.18. The molecule has 0 saturated carbocycles. The third kappa shape index (κ3) is 3.57. The summed E-state index contributed by atoms with van der Waals surface area (Å²) in [5.41, 5.74) is 6.29. The highest BCUT2D eigenvalue weighted by molar-refractivity contribution is 9.10. The van der Waals surface area contributed by atoms with Crippen LogP contribution in [0.15, 0.2) is 46.9 Å². The predicted molar refractivity (Wildman–Crippen MR) is 84.1 cm³/mol. The van der Waals surface area contributed by atoms with Gasteiger partial charge in [-0.05, 0) is 42.2 Å². The van der Waals surface area contributed by atoms with Crippen LogP contribution in [0.5, 0.6) is 0 Å². The number of halogens is 2. The average molecular weight is 340 g/mol. The fraction of sp³-hybridized carbons (Fsp3) is 0.200. The Hall–Kier alpha value is -0.870. The first-order chi connectivity index (χ1) is 9.11. The van der Waals surface area contributed by atoms with Crippen LogP contribution in [-0.4, -0.2) is 0 Å². The highest BCUT2D eigenvalue weighted by Crippen LogP contribution is 2.26. The summed E-state index contributed by atoms with van der Waals surface area (Å²) in [5.74, 6) is 5.68. The zero-order valence-electron chi connectivity index (χ0n) is 10.7. The number of hydrazine groups is 1. The van der Waals surface area contributed by atoms with Crippen molar-refractivity contribution in [3.8, 4) is 0 Å². The van der Waals surface area contributed by atoms with E-state index in [4.69, 9.17) is 17.4 Å². The van der Waals surface area contributed by atoms with Gasteiger partial charge in [-0.1, -0.05) is 57.9 Å². The first kappa shape index (κ1) is 14.5. The highest BCUT2D eigenvalue weighted by Gasteiger charge is 2.13. The normalized spacial score (nSPS) is 12.4. The molecule has 2 aromatic carbocycles. The molecule has 2 nitrogen and oxygen atoms in total. The van der Waals surface area contributed by atoms with E-state index in [2.05, 4.69) is 46.5 Å². The monoisotopic (exact) mass is 338 g/mol. The molecule has 0 aliphatic carbocycles. The standard InChI is InChI=1S/C15H16BrClN2/c1-10-6-7-12(8-13(10)16)15(19-18)9-11-4-2-3-5-14(11)17/h2-8,15,19H,9,18H2,1H3. The minimum absolute atomic E-state index is 0.0387. The molecule has 0 fully saturated rings. The molecule has 0 aliphatic heterocycles. The molecule has 0 spiro atoms. The van der Waals surface area contributed by atoms with Gasteiger partial charge in [0.15, 0.2) is 0 Å². The fourth-order valence-electron chi connectivity index (χ4n) is 1.98. The van der Waals surface area contributed by atoms with E-state index in [1.807, 2.05) is 24.3 Å². The van der Waals surface area contributed by atoms with Gasteiger partial charge in [-0.2, -0.15) is 0 Å². The smallest absolute Gasteiger partial charge is 0.0501 e. The highest BCUT2D eigenvalue weighted by atomic mass is 79.9. The van der Waals surface area contributed by atoms with Gasteiger partial charge in [-0.3, -0.25) is 11.3 Å². The number of nitrogens with two attached hydrogens (primary N) is 1. The summed E-state index contributed by atoms with van der Waals surface area (Å²) in [7, 11) is 0. The second-order valence-electron chi connectivity index (χ2n) is 4.52. The molecule has 1 atom stereocenters. The van der Waals surface area contributed by atoms with Gasteiger partial charge in [-0.25, -0.2) is 0 Å². The van der Waals surface area contributed by atoms with Crippen molar-refractivity contribution >= 4 is 27.5 Å². The summed E-state index contributed by atoms with van der Waals surface area (Å²) >= 11 is 9.74. The summed E-state index contributed by atoms with van der Waals surface area (Å²) in [5, 5.41) is 0.772. The molecule has 1 unspecified atom stereocenters. The van der Waals surface area contributed by atoms with Crippen LogP contribution >= 0.6 is 27.5 Å². The molecule has 0 amide bonds. The van der Waals surface area contributed by atoms with Crippen LogP contribution in [0, 0.1) is 6.92 Å². The fourth-order valence-corrected chi connectivity index (χ4v) is 2.59. The molecule has 4 heteroatoms. The van der Waals surface area contributed by atoms with Gasteiger partial charge in [0.25, 0.3) is 0 Å². The molecule has 0 aliphatic rings. The van der Waals surface area contributed by atoms with Crippen molar-refractivity contribution in [2.24, 2.45) is 5.84 Å². The molecule has 0 heterocycles. The lowest BCUT2D eigenvalue weighted by molar-refractivity contribution is 0.551. The lowest BCUT2D eigenvalue weighted by Crippen LogP contribution is -2.29. The number of hydrogen-bond acceptors (Lipinski definition) is 2. The Kier molecular flexibility index (Phi) is 4.99. The van der Waals surface area contributed by atoms with Gasteiger partial charge in [0, 0.05) is 9.50 Å². The van der Waals surface area contributed by atoms with Crippen molar-refractivity contribution in [3.05, 3.63) is 68.7 Å². The number of aryl methyl sites for hydroxylation is 1. The second kappa shape index (κ2) is 6.53. The molecule has 0 radical (unpaired) electrons. The van der Waals surface area contributed by atoms with Crippen LogP contribution in [0.1, 0.15) is 22.7 Å². The SMILES string of the molecule is Cc1ccc(C(Cc2ccccc2Cl)NN)cc1Br. The maximum atomic E-state index is 6.19. The third-order valence-corrected chi connectivity index (χ3v) is 4.40. The number of benzene rings is 2. The van der Waals surface area contributed by atoms with Crippen molar-refractivity contribution in [2.75, 3.05) is 0 Å². The lowest BCUT2D eigenvalue weighted by atomic mass is 9.98. The Balaban J connectivity index is 2.25. The van der Waals surface area contributed by atoms with Crippen molar-refractivity contribution in [3.63, 3.8) is 0 Å². The zero-order chi connectivity index (χ0) is 13.8. The quantitative estimate of drug-likeness (QED) is 0.648. The Morgan fingerprint density at radius 3 is 2.63 bits per heavy atom. The van der Waals surface area contributed by atoms with Crippen LogP contribution in [0.4, 0.5) is 0 Å². The Morgan fingerprint density at radius 1 is 1.26 bits per heavy atom. The van der Waals surface area contributed by atoms with Crippen molar-refractivity contribution in [1.82, 2.24) is 5.43 Å². The van der Waals surface area contributed by atoms with E-state index < -0.39 is 0 Å². The van der Waals surface area contributed by atoms with Crippen LogP contribution in [0.3, 0.4) is 0 Å². The van der Waals surface area contributed by atoms with E-state index >= 15 is 0 Å². The molecule has 2 rings (SSSR count). The topological polar surface area (TPSA) is 38.0 Å². The largest absolute Gasteiger partial charge is 0.271 e. The number of rotatable bonds is 4. The zero-order valence-corrected chi connectivity index (χ0v) is 13.0. The van der Waals surface area contributed by atoms with Gasteiger partial charge in [0.05, 0.1) is 6.04 Å². The molecular weight excluding hydrogens is 324 g/mol. The van der Waals surface area contributed by atoms with E-state index in [-0.39, 0.29) is 6.04 Å². The van der Waals surface area contributed by atoms with E-state index in [1.165, 1.54) is 5.56 Å².